The number of hydrogen-bond donors (Lipinski definition) is 1. The number of halogens is 1. The van der Waals surface area contributed by atoms with Crippen LogP contribution in [0.4, 0.5) is 0 Å². The van der Waals surface area contributed by atoms with E-state index < -0.39 is 0 Å². The van der Waals surface area contributed by atoms with Gasteiger partial charge in [-0.15, -0.1) is 0 Å². The first kappa shape index (κ1) is 14.4. The lowest BCUT2D eigenvalue weighted by atomic mass is 10.2. The van der Waals surface area contributed by atoms with Crippen LogP contribution in [-0.4, -0.2) is 19.1 Å². The van der Waals surface area contributed by atoms with E-state index in [1.165, 1.54) is 0 Å². The van der Waals surface area contributed by atoms with E-state index in [2.05, 4.69) is 5.32 Å². The highest BCUT2D eigenvalue weighted by molar-refractivity contribution is 6.33. The summed E-state index contributed by atoms with van der Waals surface area (Å²) in [7, 11) is 0. The van der Waals surface area contributed by atoms with E-state index in [1.807, 2.05) is 31.2 Å². The van der Waals surface area contributed by atoms with Crippen molar-refractivity contribution in [3.05, 3.63) is 64.7 Å². The molecule has 0 bridgehead atoms. The van der Waals surface area contributed by atoms with Gasteiger partial charge in [-0.1, -0.05) is 35.9 Å². The minimum absolute atomic E-state index is 0.191. The Morgan fingerprint density at radius 3 is 2.75 bits per heavy atom. The molecule has 0 heterocycles. The van der Waals surface area contributed by atoms with Crippen LogP contribution in [0.25, 0.3) is 0 Å². The van der Waals surface area contributed by atoms with Gasteiger partial charge in [0.25, 0.3) is 5.91 Å². The third-order valence-corrected chi connectivity index (χ3v) is 3.09. The molecule has 0 aliphatic carbocycles. The number of amides is 1. The molecule has 104 valence electrons. The Labute approximate surface area is 123 Å². The zero-order valence-electron chi connectivity index (χ0n) is 11.2. The fourth-order valence-electron chi connectivity index (χ4n) is 1.78. The van der Waals surface area contributed by atoms with Gasteiger partial charge in [0, 0.05) is 0 Å². The molecule has 1 N–H and O–H groups in total. The quantitative estimate of drug-likeness (QED) is 0.856. The van der Waals surface area contributed by atoms with Crippen molar-refractivity contribution in [3.8, 4) is 5.75 Å². The Kier molecular flexibility index (Phi) is 5.02. The molecule has 0 fully saturated rings. The molecule has 2 rings (SSSR count). The lowest BCUT2D eigenvalue weighted by Gasteiger charge is -2.09. The van der Waals surface area contributed by atoms with Gasteiger partial charge in [0.2, 0.25) is 0 Å². The molecule has 0 unspecified atom stereocenters. The summed E-state index contributed by atoms with van der Waals surface area (Å²) >= 11 is 5.95. The summed E-state index contributed by atoms with van der Waals surface area (Å²) in [5.41, 5.74) is 1.62. The minimum atomic E-state index is -0.191. The van der Waals surface area contributed by atoms with Crippen molar-refractivity contribution < 1.29 is 9.53 Å². The molecule has 2 aromatic carbocycles. The molecule has 20 heavy (non-hydrogen) atoms. The Hall–Kier alpha value is -2.00. The molecule has 0 aliphatic heterocycles. The maximum Gasteiger partial charge on any atom is 0.252 e. The van der Waals surface area contributed by atoms with Gasteiger partial charge in [-0.3, -0.25) is 4.79 Å². The van der Waals surface area contributed by atoms with Crippen molar-refractivity contribution in [3.63, 3.8) is 0 Å². The highest BCUT2D eigenvalue weighted by atomic mass is 35.5. The summed E-state index contributed by atoms with van der Waals surface area (Å²) in [6, 6.07) is 14.8. The molecule has 0 aliphatic rings. The lowest BCUT2D eigenvalue weighted by molar-refractivity contribution is 0.0947. The second kappa shape index (κ2) is 6.96. The zero-order valence-corrected chi connectivity index (χ0v) is 12.0. The molecular formula is C16H16ClNO2. The average Bonchev–Trinajstić information content (AvgIpc) is 2.44. The van der Waals surface area contributed by atoms with Crippen LogP contribution < -0.4 is 10.1 Å². The van der Waals surface area contributed by atoms with Crippen molar-refractivity contribution in [2.45, 2.75) is 6.92 Å². The maximum absolute atomic E-state index is 11.9. The molecule has 3 nitrogen and oxygen atoms in total. The molecule has 0 radical (unpaired) electrons. The van der Waals surface area contributed by atoms with Crippen LogP contribution in [0.3, 0.4) is 0 Å². The van der Waals surface area contributed by atoms with Crippen molar-refractivity contribution in [1.29, 1.82) is 0 Å². The zero-order chi connectivity index (χ0) is 14.4. The molecule has 4 heteroatoms. The highest BCUT2D eigenvalue weighted by Gasteiger charge is 2.08. The first-order valence-corrected chi connectivity index (χ1v) is 6.77. The fraction of sp³-hybridized carbons (Fsp3) is 0.188. The van der Waals surface area contributed by atoms with Gasteiger partial charge in [0.05, 0.1) is 17.1 Å². The van der Waals surface area contributed by atoms with E-state index in [1.54, 1.807) is 24.3 Å². The molecular weight excluding hydrogens is 274 g/mol. The van der Waals surface area contributed by atoms with Crippen LogP contribution in [-0.2, 0) is 0 Å². The monoisotopic (exact) mass is 289 g/mol. The second-order valence-corrected chi connectivity index (χ2v) is 4.81. The standard InChI is InChI=1S/C16H16ClNO2/c1-12-5-4-6-13(11-12)20-10-9-18-16(19)14-7-2-3-8-15(14)17/h2-8,11H,9-10H2,1H3,(H,18,19). The van der Waals surface area contributed by atoms with Gasteiger partial charge in [0.1, 0.15) is 12.4 Å². The third-order valence-electron chi connectivity index (χ3n) is 2.76. The lowest BCUT2D eigenvalue weighted by Crippen LogP contribution is -2.28. The molecule has 2 aromatic rings. The molecule has 1 amide bonds. The number of nitrogens with one attached hydrogen (secondary N) is 1. The maximum atomic E-state index is 11.9. The minimum Gasteiger partial charge on any atom is -0.492 e. The molecule has 0 atom stereocenters. The van der Waals surface area contributed by atoms with Crippen molar-refractivity contribution in [2.24, 2.45) is 0 Å². The predicted octanol–water partition coefficient (Wildman–Crippen LogP) is 3.46. The van der Waals surface area contributed by atoms with Crippen LogP contribution in [0.15, 0.2) is 48.5 Å². The van der Waals surface area contributed by atoms with Crippen molar-refractivity contribution in [1.82, 2.24) is 5.32 Å². The highest BCUT2D eigenvalue weighted by Crippen LogP contribution is 2.14. The van der Waals surface area contributed by atoms with Crippen LogP contribution in [0.1, 0.15) is 15.9 Å². The number of carbonyl (C=O) groups excluding carboxylic acids is 1. The van der Waals surface area contributed by atoms with E-state index >= 15 is 0 Å². The van der Waals surface area contributed by atoms with E-state index in [0.29, 0.717) is 23.7 Å². The second-order valence-electron chi connectivity index (χ2n) is 4.40. The van der Waals surface area contributed by atoms with Crippen LogP contribution >= 0.6 is 11.6 Å². The largest absolute Gasteiger partial charge is 0.492 e. The Balaban J connectivity index is 1.79. The number of rotatable bonds is 5. The van der Waals surface area contributed by atoms with Gasteiger partial charge in [-0.05, 0) is 36.8 Å². The smallest absolute Gasteiger partial charge is 0.252 e. The van der Waals surface area contributed by atoms with Crippen molar-refractivity contribution >= 4 is 17.5 Å². The van der Waals surface area contributed by atoms with E-state index in [0.717, 1.165) is 11.3 Å². The summed E-state index contributed by atoms with van der Waals surface area (Å²) in [6.45, 7) is 2.85. The molecule has 0 aromatic heterocycles. The average molecular weight is 290 g/mol. The fourth-order valence-corrected chi connectivity index (χ4v) is 2.00. The molecule has 0 saturated heterocycles. The van der Waals surface area contributed by atoms with Crippen molar-refractivity contribution in [2.75, 3.05) is 13.2 Å². The Morgan fingerprint density at radius 2 is 2.00 bits per heavy atom. The Bertz CT molecular complexity index is 599. The SMILES string of the molecule is Cc1cccc(OCCNC(=O)c2ccccc2Cl)c1. The van der Waals surface area contributed by atoms with Gasteiger partial charge in [0.15, 0.2) is 0 Å². The summed E-state index contributed by atoms with van der Waals surface area (Å²) in [5, 5.41) is 3.22. The van der Waals surface area contributed by atoms with Crippen LogP contribution in [0.5, 0.6) is 5.75 Å². The van der Waals surface area contributed by atoms with E-state index in [4.69, 9.17) is 16.3 Å². The van der Waals surface area contributed by atoms with Crippen LogP contribution in [0.2, 0.25) is 5.02 Å². The van der Waals surface area contributed by atoms with Gasteiger partial charge < -0.3 is 10.1 Å². The number of benzene rings is 2. The number of hydrogen-bond acceptors (Lipinski definition) is 2. The van der Waals surface area contributed by atoms with E-state index in [9.17, 15) is 4.79 Å². The molecule has 0 saturated carbocycles. The summed E-state index contributed by atoms with van der Waals surface area (Å²) in [5.74, 6) is 0.612. The first-order chi connectivity index (χ1) is 9.66. The summed E-state index contributed by atoms with van der Waals surface area (Å²) in [4.78, 5) is 11.9. The molecule has 0 spiro atoms. The van der Waals surface area contributed by atoms with Gasteiger partial charge in [-0.25, -0.2) is 0 Å². The predicted molar refractivity (Wildman–Crippen MR) is 80.5 cm³/mol. The topological polar surface area (TPSA) is 38.3 Å². The number of aryl methyl sites for hydroxylation is 1. The number of ether oxygens (including phenoxy) is 1. The third kappa shape index (κ3) is 4.00. The first-order valence-electron chi connectivity index (χ1n) is 6.39. The van der Waals surface area contributed by atoms with Crippen LogP contribution in [0, 0.1) is 6.92 Å². The van der Waals surface area contributed by atoms with E-state index in [-0.39, 0.29) is 5.91 Å². The van der Waals surface area contributed by atoms with Gasteiger partial charge in [-0.2, -0.15) is 0 Å². The normalized spacial score (nSPS) is 10.1. The Morgan fingerprint density at radius 1 is 1.20 bits per heavy atom. The summed E-state index contributed by atoms with van der Waals surface area (Å²) in [6.07, 6.45) is 0. The van der Waals surface area contributed by atoms with Gasteiger partial charge >= 0.3 is 0 Å². The number of carbonyl (C=O) groups is 1. The summed E-state index contributed by atoms with van der Waals surface area (Å²) < 4.78 is 5.56.